The molecule has 0 bridgehead atoms. The van der Waals surface area contributed by atoms with Crippen molar-refractivity contribution in [3.8, 4) is 12.3 Å². The lowest BCUT2D eigenvalue weighted by Gasteiger charge is -2.38. The molecule has 1 aromatic rings. The predicted molar refractivity (Wildman–Crippen MR) is 103 cm³/mol. The molecule has 1 N–H and O–H groups in total. The second kappa shape index (κ2) is 8.68. The fourth-order valence-electron chi connectivity index (χ4n) is 2.95. The van der Waals surface area contributed by atoms with Crippen LogP contribution in [0.15, 0.2) is 24.3 Å². The molecule has 25 heavy (non-hydrogen) atoms. The summed E-state index contributed by atoms with van der Waals surface area (Å²) < 4.78 is 26.6. The van der Waals surface area contributed by atoms with E-state index in [1.165, 1.54) is 0 Å². The zero-order chi connectivity index (χ0) is 18.4. The summed E-state index contributed by atoms with van der Waals surface area (Å²) in [5.41, 5.74) is 2.23. The third kappa shape index (κ3) is 5.72. The third-order valence-corrected chi connectivity index (χ3v) is 5.70. The van der Waals surface area contributed by atoms with Gasteiger partial charge in [0.05, 0.1) is 0 Å². The number of hydrogen-bond donors (Lipinski definition) is 1. The Bertz CT molecular complexity index is 687. The van der Waals surface area contributed by atoms with Crippen LogP contribution in [0, 0.1) is 12.3 Å². The number of sulfonamides is 1. The Kier molecular flexibility index (Phi) is 6.85. The van der Waals surface area contributed by atoms with Gasteiger partial charge in [-0.3, -0.25) is 4.90 Å². The number of benzene rings is 1. The Labute approximate surface area is 151 Å². The van der Waals surface area contributed by atoms with Crippen LogP contribution >= 0.6 is 0 Å². The second-order valence-electron chi connectivity index (χ2n) is 6.65. The van der Waals surface area contributed by atoms with Crippen molar-refractivity contribution in [1.29, 1.82) is 0 Å². The monoisotopic (exact) mass is 364 g/mol. The fourth-order valence-corrected chi connectivity index (χ4v) is 3.69. The number of terminal acetylenes is 1. The molecule has 1 aliphatic rings. The van der Waals surface area contributed by atoms with Crippen LogP contribution in [0.1, 0.15) is 11.6 Å². The Morgan fingerprint density at radius 1 is 1.20 bits per heavy atom. The minimum Gasteiger partial charge on any atom is -0.378 e. The van der Waals surface area contributed by atoms with E-state index in [2.05, 4.69) is 51.8 Å². The second-order valence-corrected chi connectivity index (χ2v) is 8.46. The van der Waals surface area contributed by atoms with Gasteiger partial charge in [-0.2, -0.15) is 0 Å². The van der Waals surface area contributed by atoms with Crippen LogP contribution in [-0.4, -0.2) is 77.8 Å². The molecule has 1 saturated heterocycles. The van der Waals surface area contributed by atoms with Gasteiger partial charge >= 0.3 is 0 Å². The fraction of sp³-hybridized carbons (Fsp3) is 0.556. The Hall–Kier alpha value is -1.59. The molecule has 1 unspecified atom stereocenters. The molecule has 0 spiro atoms. The first kappa shape index (κ1) is 19.7. The molecule has 1 atom stereocenters. The van der Waals surface area contributed by atoms with Crippen molar-refractivity contribution in [3.05, 3.63) is 29.8 Å². The van der Waals surface area contributed by atoms with Crippen LogP contribution in [0.2, 0.25) is 0 Å². The number of hydrogen-bond acceptors (Lipinski definition) is 5. The highest BCUT2D eigenvalue weighted by molar-refractivity contribution is 7.89. The summed E-state index contributed by atoms with van der Waals surface area (Å²) in [6, 6.07) is 8.28. The summed E-state index contributed by atoms with van der Waals surface area (Å²) in [6.07, 6.45) is 5.15. The van der Waals surface area contributed by atoms with E-state index in [1.54, 1.807) is 0 Å². The van der Waals surface area contributed by atoms with Gasteiger partial charge in [-0.05, 0) is 24.7 Å². The summed E-state index contributed by atoms with van der Waals surface area (Å²) in [7, 11) is 2.67. The standard InChI is InChI=1S/C18H28N4O2S/c1-5-14-25(23,24)19-15-18(22-12-10-21(4)11-13-22)16-6-8-17(9-7-16)20(2)3/h1,6-9,18-19H,10-15H2,2-4H3. The van der Waals surface area contributed by atoms with Gasteiger partial charge in [0.1, 0.15) is 5.75 Å². The molecule has 138 valence electrons. The molecule has 7 heteroatoms. The molecule has 1 fully saturated rings. The van der Waals surface area contributed by atoms with Gasteiger partial charge in [-0.15, -0.1) is 6.42 Å². The van der Waals surface area contributed by atoms with Gasteiger partial charge in [0.25, 0.3) is 0 Å². The number of nitrogens with one attached hydrogen (secondary N) is 1. The number of likely N-dealkylation sites (N-methyl/N-ethyl adjacent to an activating group) is 1. The first-order valence-corrected chi connectivity index (χ1v) is 10.1. The average molecular weight is 365 g/mol. The lowest BCUT2D eigenvalue weighted by molar-refractivity contribution is 0.113. The zero-order valence-corrected chi connectivity index (χ0v) is 16.1. The van der Waals surface area contributed by atoms with E-state index in [0.717, 1.165) is 37.4 Å². The SMILES string of the molecule is C#CCS(=O)(=O)NCC(c1ccc(N(C)C)cc1)N1CCN(C)CC1. The minimum absolute atomic E-state index is 0.00235. The molecule has 1 aliphatic heterocycles. The van der Waals surface area contributed by atoms with E-state index in [1.807, 2.05) is 19.0 Å². The molecule has 0 saturated carbocycles. The van der Waals surface area contributed by atoms with Crippen molar-refractivity contribution in [1.82, 2.24) is 14.5 Å². The summed E-state index contributed by atoms with van der Waals surface area (Å²) in [5, 5.41) is 0. The van der Waals surface area contributed by atoms with Crippen molar-refractivity contribution in [2.45, 2.75) is 6.04 Å². The lowest BCUT2D eigenvalue weighted by atomic mass is 10.0. The van der Waals surface area contributed by atoms with E-state index >= 15 is 0 Å². The van der Waals surface area contributed by atoms with Gasteiger partial charge in [-0.1, -0.05) is 18.1 Å². The smallest absolute Gasteiger partial charge is 0.222 e. The zero-order valence-electron chi connectivity index (χ0n) is 15.3. The Morgan fingerprint density at radius 2 is 1.80 bits per heavy atom. The number of anilines is 1. The highest BCUT2D eigenvalue weighted by atomic mass is 32.2. The third-order valence-electron chi connectivity index (χ3n) is 4.54. The minimum atomic E-state index is -3.44. The van der Waals surface area contributed by atoms with Crippen molar-refractivity contribution in [2.75, 3.05) is 64.5 Å². The molecule has 2 rings (SSSR count). The largest absolute Gasteiger partial charge is 0.378 e. The average Bonchev–Trinajstić information content (AvgIpc) is 2.57. The molecular formula is C18H28N4O2S. The molecule has 0 aromatic heterocycles. The molecule has 1 aromatic carbocycles. The molecule has 6 nitrogen and oxygen atoms in total. The van der Waals surface area contributed by atoms with E-state index in [-0.39, 0.29) is 11.8 Å². The van der Waals surface area contributed by atoms with E-state index in [9.17, 15) is 8.42 Å². The molecule has 1 heterocycles. The first-order chi connectivity index (χ1) is 11.8. The van der Waals surface area contributed by atoms with E-state index < -0.39 is 10.0 Å². The maximum Gasteiger partial charge on any atom is 0.222 e. The number of nitrogens with zero attached hydrogens (tertiary/aromatic N) is 3. The molecule has 0 aliphatic carbocycles. The van der Waals surface area contributed by atoms with Gasteiger partial charge in [-0.25, -0.2) is 13.1 Å². The van der Waals surface area contributed by atoms with Crippen LogP contribution in [0.3, 0.4) is 0 Å². The normalized spacial score (nSPS) is 17.8. The highest BCUT2D eigenvalue weighted by Gasteiger charge is 2.25. The first-order valence-electron chi connectivity index (χ1n) is 8.43. The van der Waals surface area contributed by atoms with Crippen LogP contribution in [0.25, 0.3) is 0 Å². The molecular weight excluding hydrogens is 336 g/mol. The molecule has 0 amide bonds. The molecule has 0 radical (unpaired) electrons. The van der Waals surface area contributed by atoms with Crippen LogP contribution in [0.4, 0.5) is 5.69 Å². The topological polar surface area (TPSA) is 55.9 Å². The lowest BCUT2D eigenvalue weighted by Crippen LogP contribution is -2.48. The van der Waals surface area contributed by atoms with Crippen molar-refractivity contribution >= 4 is 15.7 Å². The van der Waals surface area contributed by atoms with Crippen LogP contribution < -0.4 is 9.62 Å². The van der Waals surface area contributed by atoms with Gasteiger partial charge < -0.3 is 9.80 Å². The van der Waals surface area contributed by atoms with Gasteiger partial charge in [0.15, 0.2) is 0 Å². The number of rotatable bonds is 7. The summed E-state index contributed by atoms with van der Waals surface area (Å²) >= 11 is 0. The van der Waals surface area contributed by atoms with E-state index in [4.69, 9.17) is 6.42 Å². The van der Waals surface area contributed by atoms with Gasteiger partial charge in [0.2, 0.25) is 10.0 Å². The van der Waals surface area contributed by atoms with Crippen LogP contribution in [-0.2, 0) is 10.0 Å². The van der Waals surface area contributed by atoms with Crippen molar-refractivity contribution < 1.29 is 8.42 Å². The maximum absolute atomic E-state index is 12.0. The van der Waals surface area contributed by atoms with Crippen molar-refractivity contribution in [2.24, 2.45) is 0 Å². The Morgan fingerprint density at radius 3 is 2.32 bits per heavy atom. The Balaban J connectivity index is 2.18. The van der Waals surface area contributed by atoms with Crippen molar-refractivity contribution in [3.63, 3.8) is 0 Å². The number of piperazine rings is 1. The van der Waals surface area contributed by atoms with E-state index in [0.29, 0.717) is 6.54 Å². The summed E-state index contributed by atoms with van der Waals surface area (Å²) in [6.45, 7) is 4.10. The summed E-state index contributed by atoms with van der Waals surface area (Å²) in [5.74, 6) is 1.91. The quantitative estimate of drug-likeness (QED) is 0.718. The van der Waals surface area contributed by atoms with Crippen LogP contribution in [0.5, 0.6) is 0 Å². The predicted octanol–water partition coefficient (Wildman–Crippen LogP) is 0.594. The highest BCUT2D eigenvalue weighted by Crippen LogP contribution is 2.24. The summed E-state index contributed by atoms with van der Waals surface area (Å²) in [4.78, 5) is 6.67. The maximum atomic E-state index is 12.0. The van der Waals surface area contributed by atoms with Gasteiger partial charge in [0, 0.05) is 58.5 Å².